The predicted molar refractivity (Wildman–Crippen MR) is 79.2 cm³/mol. The third-order valence-electron chi connectivity index (χ3n) is 4.80. The molecule has 0 bridgehead atoms. The molecule has 2 aliphatic heterocycles. The number of carbonyl (C=O) groups is 2. The van der Waals surface area contributed by atoms with Gasteiger partial charge in [-0.2, -0.15) is 0 Å². The molecule has 1 aromatic heterocycles. The van der Waals surface area contributed by atoms with Crippen LogP contribution >= 0.6 is 0 Å². The third kappa shape index (κ3) is 2.88. The lowest BCUT2D eigenvalue weighted by Gasteiger charge is -2.40. The first-order chi connectivity index (χ1) is 10.6. The average Bonchev–Trinajstić information content (AvgIpc) is 3.17. The molecule has 2 fully saturated rings. The van der Waals surface area contributed by atoms with E-state index >= 15 is 0 Å². The number of nitrogens with zero attached hydrogens (tertiary/aromatic N) is 2. The number of aliphatic hydroxyl groups is 1. The molecule has 1 unspecified atom stereocenters. The van der Waals surface area contributed by atoms with Crippen molar-refractivity contribution in [3.8, 4) is 0 Å². The summed E-state index contributed by atoms with van der Waals surface area (Å²) in [7, 11) is 0. The van der Waals surface area contributed by atoms with Gasteiger partial charge in [-0.25, -0.2) is 0 Å². The molecule has 2 aliphatic rings. The van der Waals surface area contributed by atoms with Crippen LogP contribution < -0.4 is 0 Å². The summed E-state index contributed by atoms with van der Waals surface area (Å²) in [5, 5.41) is 8.91. The lowest BCUT2D eigenvalue weighted by Crippen LogP contribution is -2.47. The van der Waals surface area contributed by atoms with Crippen LogP contribution in [0.3, 0.4) is 0 Å². The van der Waals surface area contributed by atoms with E-state index in [1.54, 1.807) is 12.1 Å². The van der Waals surface area contributed by atoms with Crippen LogP contribution in [0.2, 0.25) is 0 Å². The maximum atomic E-state index is 12.4. The summed E-state index contributed by atoms with van der Waals surface area (Å²) in [6, 6.07) is 3.41. The molecule has 1 atom stereocenters. The quantitative estimate of drug-likeness (QED) is 0.908. The fraction of sp³-hybridized carbons (Fsp3) is 0.625. The molecule has 3 heterocycles. The summed E-state index contributed by atoms with van der Waals surface area (Å²) < 4.78 is 5.21. The van der Waals surface area contributed by atoms with Gasteiger partial charge in [-0.3, -0.25) is 9.59 Å². The highest BCUT2D eigenvalue weighted by atomic mass is 16.3. The second kappa shape index (κ2) is 6.12. The van der Waals surface area contributed by atoms with Crippen LogP contribution in [-0.4, -0.2) is 59.5 Å². The van der Waals surface area contributed by atoms with Gasteiger partial charge < -0.3 is 19.3 Å². The number of aliphatic hydroxyl groups excluding tert-OH is 1. The molecule has 2 saturated heterocycles. The molecule has 1 spiro atoms. The fourth-order valence-electron chi connectivity index (χ4n) is 3.67. The van der Waals surface area contributed by atoms with Crippen molar-refractivity contribution >= 4 is 11.8 Å². The molecule has 6 nitrogen and oxygen atoms in total. The molecule has 1 aromatic rings. The van der Waals surface area contributed by atoms with Crippen LogP contribution in [-0.2, 0) is 4.79 Å². The topological polar surface area (TPSA) is 74.0 Å². The summed E-state index contributed by atoms with van der Waals surface area (Å²) in [4.78, 5) is 28.1. The molecule has 0 aliphatic carbocycles. The number of carbonyl (C=O) groups excluding carboxylic acids is 2. The SMILES string of the molecule is O=C(CCO)N1CCC2(CCCN(C(=O)c3ccco3)C2)C1. The molecule has 0 aromatic carbocycles. The van der Waals surface area contributed by atoms with Crippen LogP contribution in [0.4, 0.5) is 0 Å². The van der Waals surface area contributed by atoms with E-state index in [-0.39, 0.29) is 30.3 Å². The molecule has 2 amide bonds. The van der Waals surface area contributed by atoms with Gasteiger partial charge in [0, 0.05) is 38.0 Å². The van der Waals surface area contributed by atoms with Crippen molar-refractivity contribution in [3.63, 3.8) is 0 Å². The highest BCUT2D eigenvalue weighted by Gasteiger charge is 2.43. The van der Waals surface area contributed by atoms with E-state index in [0.717, 1.165) is 32.4 Å². The standard InChI is InChI=1S/C16H22N2O4/c19-9-4-14(20)17-8-6-16(11-17)5-2-7-18(12-16)15(21)13-3-1-10-22-13/h1,3,10,19H,2,4-9,11-12H2. The molecule has 6 heteroatoms. The smallest absolute Gasteiger partial charge is 0.289 e. The Kier molecular flexibility index (Phi) is 4.20. The fourth-order valence-corrected chi connectivity index (χ4v) is 3.67. The van der Waals surface area contributed by atoms with Crippen LogP contribution in [0.1, 0.15) is 36.2 Å². The minimum Gasteiger partial charge on any atom is -0.459 e. The van der Waals surface area contributed by atoms with Gasteiger partial charge >= 0.3 is 0 Å². The maximum Gasteiger partial charge on any atom is 0.289 e. The monoisotopic (exact) mass is 306 g/mol. The molecule has 1 N–H and O–H groups in total. The molecule has 22 heavy (non-hydrogen) atoms. The molecular weight excluding hydrogens is 284 g/mol. The number of likely N-dealkylation sites (tertiary alicyclic amines) is 2. The highest BCUT2D eigenvalue weighted by Crippen LogP contribution is 2.39. The van der Waals surface area contributed by atoms with Crippen molar-refractivity contribution in [2.75, 3.05) is 32.8 Å². The Morgan fingerprint density at radius 3 is 2.77 bits per heavy atom. The first-order valence-corrected chi connectivity index (χ1v) is 7.85. The van der Waals surface area contributed by atoms with Crippen molar-refractivity contribution in [1.29, 1.82) is 0 Å². The van der Waals surface area contributed by atoms with Gasteiger partial charge in [0.1, 0.15) is 0 Å². The van der Waals surface area contributed by atoms with Gasteiger partial charge in [0.05, 0.1) is 12.9 Å². The van der Waals surface area contributed by atoms with E-state index in [1.165, 1.54) is 6.26 Å². The second-order valence-electron chi connectivity index (χ2n) is 6.35. The molecule has 3 rings (SSSR count). The number of furan rings is 1. The largest absolute Gasteiger partial charge is 0.459 e. The Bertz CT molecular complexity index is 542. The minimum absolute atomic E-state index is 0.00557. The number of rotatable bonds is 3. The van der Waals surface area contributed by atoms with Crippen molar-refractivity contribution in [2.24, 2.45) is 5.41 Å². The van der Waals surface area contributed by atoms with E-state index in [1.807, 2.05) is 9.80 Å². The number of amides is 2. The Morgan fingerprint density at radius 2 is 2.05 bits per heavy atom. The second-order valence-corrected chi connectivity index (χ2v) is 6.35. The zero-order chi connectivity index (χ0) is 15.6. The Morgan fingerprint density at radius 1 is 1.23 bits per heavy atom. The first-order valence-electron chi connectivity index (χ1n) is 7.85. The van der Waals surface area contributed by atoms with E-state index in [0.29, 0.717) is 18.8 Å². The minimum atomic E-state index is -0.106. The first kappa shape index (κ1) is 15.1. The van der Waals surface area contributed by atoms with Crippen LogP contribution in [0.25, 0.3) is 0 Å². The summed E-state index contributed by atoms with van der Waals surface area (Å²) in [6.45, 7) is 2.72. The number of hydrogen-bond acceptors (Lipinski definition) is 4. The zero-order valence-electron chi connectivity index (χ0n) is 12.7. The number of hydrogen-bond donors (Lipinski definition) is 1. The predicted octanol–water partition coefficient (Wildman–Crippen LogP) is 1.12. The Hall–Kier alpha value is -1.82. The molecule has 120 valence electrons. The summed E-state index contributed by atoms with van der Waals surface area (Å²) in [5.41, 5.74) is 0.00557. The molecule has 0 radical (unpaired) electrons. The van der Waals surface area contributed by atoms with E-state index in [4.69, 9.17) is 9.52 Å². The van der Waals surface area contributed by atoms with Crippen molar-refractivity contribution in [3.05, 3.63) is 24.2 Å². The van der Waals surface area contributed by atoms with Gasteiger partial charge in [-0.1, -0.05) is 0 Å². The molecule has 0 saturated carbocycles. The van der Waals surface area contributed by atoms with Crippen molar-refractivity contribution < 1.29 is 19.1 Å². The van der Waals surface area contributed by atoms with E-state index in [2.05, 4.69) is 0 Å². The lowest BCUT2D eigenvalue weighted by atomic mass is 9.79. The lowest BCUT2D eigenvalue weighted by molar-refractivity contribution is -0.131. The number of piperidine rings is 1. The van der Waals surface area contributed by atoms with Gasteiger partial charge in [0.15, 0.2) is 5.76 Å². The van der Waals surface area contributed by atoms with Gasteiger partial charge in [0.2, 0.25) is 5.91 Å². The van der Waals surface area contributed by atoms with Crippen LogP contribution in [0, 0.1) is 5.41 Å². The van der Waals surface area contributed by atoms with Crippen LogP contribution in [0.15, 0.2) is 22.8 Å². The summed E-state index contributed by atoms with van der Waals surface area (Å²) in [5.74, 6) is 0.321. The van der Waals surface area contributed by atoms with Crippen molar-refractivity contribution in [2.45, 2.75) is 25.7 Å². The summed E-state index contributed by atoms with van der Waals surface area (Å²) >= 11 is 0. The maximum absolute atomic E-state index is 12.4. The zero-order valence-corrected chi connectivity index (χ0v) is 12.7. The van der Waals surface area contributed by atoms with Gasteiger partial charge in [-0.15, -0.1) is 0 Å². The highest BCUT2D eigenvalue weighted by molar-refractivity contribution is 5.91. The Labute approximate surface area is 129 Å². The molecular formula is C16H22N2O4. The average molecular weight is 306 g/mol. The van der Waals surface area contributed by atoms with E-state index in [9.17, 15) is 9.59 Å². The third-order valence-corrected chi connectivity index (χ3v) is 4.80. The normalized spacial score (nSPS) is 25.0. The summed E-state index contributed by atoms with van der Waals surface area (Å²) in [6.07, 6.45) is 4.61. The van der Waals surface area contributed by atoms with Gasteiger partial charge in [-0.05, 0) is 31.4 Å². The van der Waals surface area contributed by atoms with Crippen LogP contribution in [0.5, 0.6) is 0 Å². The van der Waals surface area contributed by atoms with Gasteiger partial charge in [0.25, 0.3) is 5.91 Å². The Balaban J connectivity index is 1.66. The van der Waals surface area contributed by atoms with Crippen molar-refractivity contribution in [1.82, 2.24) is 9.80 Å². The van der Waals surface area contributed by atoms with E-state index < -0.39 is 0 Å².